The van der Waals surface area contributed by atoms with Gasteiger partial charge in [-0.3, -0.25) is 14.0 Å². The smallest absolute Gasteiger partial charge is 0.355 e. The molecule has 0 atom stereocenters. The zero-order valence-electron chi connectivity index (χ0n) is 13.8. The molecule has 0 aliphatic heterocycles. The van der Waals surface area contributed by atoms with Crippen LogP contribution in [0.4, 0.5) is 0 Å². The second-order valence-electron chi connectivity index (χ2n) is 5.37. The molecule has 8 heteroatoms. The SMILES string of the molecule is CC(=O)NC(=Cc1ccccc1)C(=O)OCc1cc(=O)n2ccsc2n1. The fourth-order valence-electron chi connectivity index (χ4n) is 2.23. The number of fused-ring (bicyclic) bond motifs is 1. The third-order valence-electron chi connectivity index (χ3n) is 3.35. The van der Waals surface area contributed by atoms with Gasteiger partial charge in [0.1, 0.15) is 12.3 Å². The van der Waals surface area contributed by atoms with Crippen LogP contribution in [0.25, 0.3) is 11.0 Å². The quantitative estimate of drug-likeness (QED) is 0.549. The predicted molar refractivity (Wildman–Crippen MR) is 97.4 cm³/mol. The van der Waals surface area contributed by atoms with Crippen molar-refractivity contribution in [2.75, 3.05) is 0 Å². The molecule has 0 fully saturated rings. The summed E-state index contributed by atoms with van der Waals surface area (Å²) in [7, 11) is 0. The molecule has 0 bridgehead atoms. The maximum Gasteiger partial charge on any atom is 0.355 e. The Hall–Kier alpha value is -3.26. The normalized spacial score (nSPS) is 11.3. The lowest BCUT2D eigenvalue weighted by molar-refractivity contribution is -0.141. The Balaban J connectivity index is 1.77. The van der Waals surface area contributed by atoms with Crippen LogP contribution in [-0.2, 0) is 20.9 Å². The van der Waals surface area contributed by atoms with E-state index in [2.05, 4.69) is 10.3 Å². The lowest BCUT2D eigenvalue weighted by Gasteiger charge is -2.09. The molecular weight excluding hydrogens is 354 g/mol. The fraction of sp³-hybridized carbons (Fsp3) is 0.111. The summed E-state index contributed by atoms with van der Waals surface area (Å²) in [4.78, 5) is 40.4. The average molecular weight is 369 g/mol. The third kappa shape index (κ3) is 4.22. The number of carbonyl (C=O) groups excluding carboxylic acids is 2. The van der Waals surface area contributed by atoms with E-state index in [1.165, 1.54) is 34.8 Å². The number of nitrogens with one attached hydrogen (secondary N) is 1. The van der Waals surface area contributed by atoms with Crippen molar-refractivity contribution < 1.29 is 14.3 Å². The molecule has 0 aliphatic rings. The molecule has 0 radical (unpaired) electrons. The van der Waals surface area contributed by atoms with Crippen LogP contribution in [0.5, 0.6) is 0 Å². The molecule has 132 valence electrons. The van der Waals surface area contributed by atoms with E-state index in [0.717, 1.165) is 5.56 Å². The number of ether oxygens (including phenoxy) is 1. The number of aromatic nitrogens is 2. The van der Waals surface area contributed by atoms with Gasteiger partial charge in [-0.15, -0.1) is 11.3 Å². The Morgan fingerprint density at radius 3 is 2.81 bits per heavy atom. The molecule has 26 heavy (non-hydrogen) atoms. The van der Waals surface area contributed by atoms with Gasteiger partial charge in [-0.25, -0.2) is 9.78 Å². The van der Waals surface area contributed by atoms with Crippen LogP contribution in [0.1, 0.15) is 18.2 Å². The summed E-state index contributed by atoms with van der Waals surface area (Å²) in [5.74, 6) is -1.10. The van der Waals surface area contributed by atoms with E-state index < -0.39 is 5.97 Å². The van der Waals surface area contributed by atoms with Crippen LogP contribution in [0.15, 0.2) is 58.5 Å². The third-order valence-corrected chi connectivity index (χ3v) is 4.11. The van der Waals surface area contributed by atoms with Crippen molar-refractivity contribution in [3.63, 3.8) is 0 Å². The van der Waals surface area contributed by atoms with E-state index >= 15 is 0 Å². The minimum Gasteiger partial charge on any atom is -0.455 e. The van der Waals surface area contributed by atoms with E-state index in [9.17, 15) is 14.4 Å². The van der Waals surface area contributed by atoms with Gasteiger partial charge in [0.15, 0.2) is 4.96 Å². The fourth-order valence-corrected chi connectivity index (χ4v) is 2.97. The highest BCUT2D eigenvalue weighted by Gasteiger charge is 2.14. The molecule has 3 aromatic rings. The van der Waals surface area contributed by atoms with E-state index in [0.29, 0.717) is 10.7 Å². The average Bonchev–Trinajstić information content (AvgIpc) is 3.09. The lowest BCUT2D eigenvalue weighted by atomic mass is 10.2. The highest BCUT2D eigenvalue weighted by molar-refractivity contribution is 7.15. The first-order valence-corrected chi connectivity index (χ1v) is 8.58. The van der Waals surface area contributed by atoms with Crippen LogP contribution in [0, 0.1) is 0 Å². The maximum absolute atomic E-state index is 12.3. The second kappa shape index (κ2) is 7.75. The molecule has 0 spiro atoms. The number of amides is 1. The monoisotopic (exact) mass is 369 g/mol. The summed E-state index contributed by atoms with van der Waals surface area (Å²) in [6.07, 6.45) is 3.15. The lowest BCUT2D eigenvalue weighted by Crippen LogP contribution is -2.26. The van der Waals surface area contributed by atoms with Crippen LogP contribution >= 0.6 is 11.3 Å². The summed E-state index contributed by atoms with van der Waals surface area (Å²) in [6, 6.07) is 10.4. The summed E-state index contributed by atoms with van der Waals surface area (Å²) in [6.45, 7) is 1.13. The van der Waals surface area contributed by atoms with Gasteiger partial charge in [0, 0.05) is 24.6 Å². The highest BCUT2D eigenvalue weighted by Crippen LogP contribution is 2.10. The number of hydrogen-bond donors (Lipinski definition) is 1. The zero-order chi connectivity index (χ0) is 18.5. The number of hydrogen-bond acceptors (Lipinski definition) is 6. The van der Waals surface area contributed by atoms with Gasteiger partial charge in [0.25, 0.3) is 5.56 Å². The molecule has 7 nitrogen and oxygen atoms in total. The molecular formula is C18H15N3O4S. The Morgan fingerprint density at radius 2 is 2.08 bits per heavy atom. The molecule has 0 unspecified atom stereocenters. The largest absolute Gasteiger partial charge is 0.455 e. The van der Waals surface area contributed by atoms with Gasteiger partial charge >= 0.3 is 5.97 Å². The first kappa shape index (κ1) is 17.6. The molecule has 0 aliphatic carbocycles. The van der Waals surface area contributed by atoms with E-state index in [1.807, 2.05) is 18.2 Å². The molecule has 0 saturated heterocycles. The number of thiazole rings is 1. The number of esters is 1. The van der Waals surface area contributed by atoms with Crippen LogP contribution in [-0.4, -0.2) is 21.3 Å². The summed E-state index contributed by atoms with van der Waals surface area (Å²) >= 11 is 1.31. The van der Waals surface area contributed by atoms with Gasteiger partial charge in [-0.05, 0) is 11.6 Å². The minimum absolute atomic E-state index is 0.0117. The van der Waals surface area contributed by atoms with E-state index in [-0.39, 0.29) is 23.8 Å². The van der Waals surface area contributed by atoms with Gasteiger partial charge in [-0.2, -0.15) is 0 Å². The molecule has 2 heterocycles. The van der Waals surface area contributed by atoms with Crippen molar-refractivity contribution in [1.82, 2.24) is 14.7 Å². The Morgan fingerprint density at radius 1 is 1.31 bits per heavy atom. The highest BCUT2D eigenvalue weighted by atomic mass is 32.1. The topological polar surface area (TPSA) is 89.8 Å². The van der Waals surface area contributed by atoms with Crippen molar-refractivity contribution in [2.45, 2.75) is 13.5 Å². The van der Waals surface area contributed by atoms with Crippen molar-refractivity contribution in [1.29, 1.82) is 0 Å². The van der Waals surface area contributed by atoms with Crippen LogP contribution in [0.3, 0.4) is 0 Å². The number of nitrogens with zero attached hydrogens (tertiary/aromatic N) is 2. The summed E-state index contributed by atoms with van der Waals surface area (Å²) < 4.78 is 6.63. The number of carbonyl (C=O) groups is 2. The number of benzene rings is 1. The van der Waals surface area contributed by atoms with Crippen molar-refractivity contribution in [2.24, 2.45) is 0 Å². The van der Waals surface area contributed by atoms with Crippen molar-refractivity contribution >= 4 is 34.3 Å². The standard InChI is InChI=1S/C18H15N3O4S/c1-12(22)19-15(9-13-5-3-2-4-6-13)17(24)25-11-14-10-16(23)21-7-8-26-18(21)20-14/h2-10H,11H2,1H3,(H,19,22). The predicted octanol–water partition coefficient (Wildman–Crippen LogP) is 1.98. The zero-order valence-corrected chi connectivity index (χ0v) is 14.7. The van der Waals surface area contributed by atoms with Gasteiger partial charge < -0.3 is 10.1 Å². The van der Waals surface area contributed by atoms with E-state index in [4.69, 9.17) is 4.74 Å². The molecule has 1 aromatic carbocycles. The van der Waals surface area contributed by atoms with Crippen LogP contribution in [0.2, 0.25) is 0 Å². The van der Waals surface area contributed by atoms with Gasteiger partial charge in [-0.1, -0.05) is 30.3 Å². The second-order valence-corrected chi connectivity index (χ2v) is 6.24. The summed E-state index contributed by atoms with van der Waals surface area (Å²) in [5, 5.41) is 4.21. The van der Waals surface area contributed by atoms with Gasteiger partial charge in [0.2, 0.25) is 5.91 Å². The number of rotatable bonds is 5. The minimum atomic E-state index is -0.711. The Bertz CT molecular complexity index is 1040. The molecule has 1 amide bonds. The van der Waals surface area contributed by atoms with Crippen molar-refractivity contribution in [3.05, 3.63) is 75.3 Å². The van der Waals surface area contributed by atoms with Gasteiger partial charge in [0.05, 0.1) is 5.69 Å². The maximum atomic E-state index is 12.3. The first-order chi connectivity index (χ1) is 12.5. The summed E-state index contributed by atoms with van der Waals surface area (Å²) in [5.41, 5.74) is 0.846. The Kier molecular flexibility index (Phi) is 5.23. The Labute approximate surface area is 152 Å². The van der Waals surface area contributed by atoms with Crippen molar-refractivity contribution in [3.8, 4) is 0 Å². The molecule has 1 N–H and O–H groups in total. The van der Waals surface area contributed by atoms with E-state index in [1.54, 1.807) is 23.7 Å². The molecule has 3 rings (SSSR count). The van der Waals surface area contributed by atoms with Crippen LogP contribution < -0.4 is 10.9 Å². The first-order valence-electron chi connectivity index (χ1n) is 7.70. The molecule has 2 aromatic heterocycles. The molecule has 0 saturated carbocycles.